The Bertz CT molecular complexity index is 704. The van der Waals surface area contributed by atoms with Crippen LogP contribution in [0.15, 0.2) is 18.2 Å². The highest BCUT2D eigenvalue weighted by atomic mass is 16.5. The molecule has 0 bridgehead atoms. The molecule has 1 aliphatic heterocycles. The second-order valence-corrected chi connectivity index (χ2v) is 7.92. The number of hydrogen-bond donors (Lipinski definition) is 2. The summed E-state index contributed by atoms with van der Waals surface area (Å²) < 4.78 is 5.20. The van der Waals surface area contributed by atoms with Crippen LogP contribution in [0.4, 0.5) is 0 Å². The van der Waals surface area contributed by atoms with Gasteiger partial charge in [0.1, 0.15) is 12.0 Å². The number of nitrogens with one attached hydrogen (secondary N) is 1. The van der Waals surface area contributed by atoms with Crippen molar-refractivity contribution in [2.75, 3.05) is 20.7 Å². The lowest BCUT2D eigenvalue weighted by Gasteiger charge is -2.31. The van der Waals surface area contributed by atoms with Crippen molar-refractivity contribution in [2.24, 2.45) is 11.1 Å². The number of aldehydes is 1. The predicted molar refractivity (Wildman–Crippen MR) is 112 cm³/mol. The Morgan fingerprint density at radius 1 is 1.50 bits per heavy atom. The molecule has 154 valence electrons. The normalized spacial score (nSPS) is 17.2. The first-order valence-electron chi connectivity index (χ1n) is 9.49. The van der Waals surface area contributed by atoms with Crippen LogP contribution < -0.4 is 15.8 Å². The van der Waals surface area contributed by atoms with E-state index in [1.165, 1.54) is 0 Å². The van der Waals surface area contributed by atoms with Crippen LogP contribution in [-0.2, 0) is 16.1 Å². The highest BCUT2D eigenvalue weighted by molar-refractivity contribution is 5.85. The number of amides is 1. The van der Waals surface area contributed by atoms with Gasteiger partial charge >= 0.3 is 0 Å². The second-order valence-electron chi connectivity index (χ2n) is 7.92. The number of carbonyl (C=O) groups is 2. The average Bonchev–Trinajstić information content (AvgIpc) is 3.16. The molecule has 1 aliphatic rings. The number of terminal acetylenes is 1. The van der Waals surface area contributed by atoms with E-state index in [0.29, 0.717) is 6.54 Å². The van der Waals surface area contributed by atoms with Crippen molar-refractivity contribution in [3.63, 3.8) is 0 Å². The largest absolute Gasteiger partial charge is 0.496 e. The molecule has 2 rings (SSSR count). The van der Waals surface area contributed by atoms with E-state index < -0.39 is 6.04 Å². The Kier molecular flexibility index (Phi) is 9.17. The first kappa shape index (κ1) is 23.7. The quantitative estimate of drug-likeness (QED) is 0.596. The Morgan fingerprint density at radius 2 is 2.18 bits per heavy atom. The number of benzene rings is 1. The maximum Gasteiger partial charge on any atom is 0.240 e. The molecule has 6 heteroatoms. The first-order valence-corrected chi connectivity index (χ1v) is 9.49. The summed E-state index contributed by atoms with van der Waals surface area (Å²) in [7, 11) is 3.54. The van der Waals surface area contributed by atoms with Gasteiger partial charge in [-0.15, -0.1) is 6.42 Å². The second kappa shape index (κ2) is 10.8. The SMILES string of the molecule is C#Cc1ccc(CNC)c(OC)c1.CC(C)(C)C(N)C(=O)N1CCCC1C=O. The fourth-order valence-corrected chi connectivity index (χ4v) is 2.93. The minimum absolute atomic E-state index is 0.0999. The van der Waals surface area contributed by atoms with Crippen LogP contribution in [0, 0.1) is 17.8 Å². The lowest BCUT2D eigenvalue weighted by molar-refractivity contribution is -0.137. The number of likely N-dealkylation sites (tertiary alicyclic amines) is 1. The molecular formula is C22H33N3O3. The molecule has 28 heavy (non-hydrogen) atoms. The van der Waals surface area contributed by atoms with Gasteiger partial charge in [-0.2, -0.15) is 0 Å². The molecule has 0 aliphatic carbocycles. The van der Waals surface area contributed by atoms with E-state index in [1.807, 2.05) is 46.0 Å². The van der Waals surface area contributed by atoms with Crippen LogP contribution in [0.3, 0.4) is 0 Å². The van der Waals surface area contributed by atoms with E-state index in [4.69, 9.17) is 16.9 Å². The number of hydrogen-bond acceptors (Lipinski definition) is 5. The maximum atomic E-state index is 12.0. The van der Waals surface area contributed by atoms with Gasteiger partial charge in [-0.25, -0.2) is 0 Å². The van der Waals surface area contributed by atoms with E-state index in [0.717, 1.165) is 42.5 Å². The fraction of sp³-hybridized carbons (Fsp3) is 0.545. The smallest absolute Gasteiger partial charge is 0.240 e. The van der Waals surface area contributed by atoms with Crippen molar-refractivity contribution in [3.05, 3.63) is 29.3 Å². The molecule has 3 N–H and O–H groups in total. The van der Waals surface area contributed by atoms with Gasteiger partial charge in [-0.3, -0.25) is 4.79 Å². The van der Waals surface area contributed by atoms with Crippen molar-refractivity contribution in [1.82, 2.24) is 10.2 Å². The summed E-state index contributed by atoms with van der Waals surface area (Å²) in [5.41, 5.74) is 7.59. The lowest BCUT2D eigenvalue weighted by atomic mass is 9.86. The molecule has 2 atom stereocenters. The number of methoxy groups -OCH3 is 1. The van der Waals surface area contributed by atoms with Crippen molar-refractivity contribution >= 4 is 12.2 Å². The molecule has 1 aromatic carbocycles. The van der Waals surface area contributed by atoms with Gasteiger partial charge in [0.05, 0.1) is 19.2 Å². The summed E-state index contributed by atoms with van der Waals surface area (Å²) >= 11 is 0. The Morgan fingerprint density at radius 3 is 2.68 bits per heavy atom. The van der Waals surface area contributed by atoms with Crippen LogP contribution in [-0.4, -0.2) is 49.9 Å². The summed E-state index contributed by atoms with van der Waals surface area (Å²) in [5, 5.41) is 3.06. The molecule has 1 fully saturated rings. The first-order chi connectivity index (χ1) is 13.2. The van der Waals surface area contributed by atoms with Crippen LogP contribution in [0.1, 0.15) is 44.7 Å². The summed E-state index contributed by atoms with van der Waals surface area (Å²) in [6, 6.07) is 4.97. The maximum absolute atomic E-state index is 12.0. The van der Waals surface area contributed by atoms with Crippen molar-refractivity contribution < 1.29 is 14.3 Å². The monoisotopic (exact) mass is 387 g/mol. The Balaban J connectivity index is 0.000000283. The zero-order valence-electron chi connectivity index (χ0n) is 17.6. The molecule has 0 spiro atoms. The number of carbonyl (C=O) groups excluding carboxylic acids is 2. The van der Waals surface area contributed by atoms with Crippen molar-refractivity contribution in [2.45, 2.75) is 52.2 Å². The Hall–Kier alpha value is -2.36. The third-order valence-electron chi connectivity index (χ3n) is 4.76. The van der Waals surface area contributed by atoms with Gasteiger partial charge in [0.25, 0.3) is 0 Å². The van der Waals surface area contributed by atoms with Gasteiger partial charge in [0.15, 0.2) is 0 Å². The van der Waals surface area contributed by atoms with Crippen LogP contribution >= 0.6 is 0 Å². The van der Waals surface area contributed by atoms with Gasteiger partial charge in [0, 0.05) is 24.2 Å². The molecule has 2 unspecified atom stereocenters. The molecule has 6 nitrogen and oxygen atoms in total. The third kappa shape index (κ3) is 6.36. The standard InChI is InChI=1S/C11H20N2O2.C11H13NO/c1-11(2,3)9(12)10(15)13-6-4-5-8(13)7-14;1-4-9-5-6-10(8-12-2)11(7-9)13-3/h7-9H,4-6,12H2,1-3H3;1,5-7,12H,8H2,2-3H3. The molecule has 1 aromatic rings. The highest BCUT2D eigenvalue weighted by Crippen LogP contribution is 2.23. The van der Waals surface area contributed by atoms with Gasteiger partial charge in [-0.1, -0.05) is 32.8 Å². The lowest BCUT2D eigenvalue weighted by Crippen LogP contribution is -2.52. The molecule has 0 saturated carbocycles. The predicted octanol–water partition coefficient (Wildman–Crippen LogP) is 1.95. The van der Waals surface area contributed by atoms with E-state index in [2.05, 4.69) is 11.2 Å². The molecular weight excluding hydrogens is 354 g/mol. The molecule has 1 heterocycles. The average molecular weight is 388 g/mol. The van der Waals surface area contributed by atoms with E-state index in [9.17, 15) is 9.59 Å². The van der Waals surface area contributed by atoms with E-state index in [-0.39, 0.29) is 17.4 Å². The minimum atomic E-state index is -0.530. The Labute approximate surface area is 168 Å². The summed E-state index contributed by atoms with van der Waals surface area (Å²) in [5.74, 6) is 3.31. The van der Waals surface area contributed by atoms with Gasteiger partial charge in [0.2, 0.25) is 5.91 Å². The minimum Gasteiger partial charge on any atom is -0.496 e. The summed E-state index contributed by atoms with van der Waals surface area (Å²) in [6.07, 6.45) is 7.79. The fourth-order valence-electron chi connectivity index (χ4n) is 2.93. The van der Waals surface area contributed by atoms with E-state index >= 15 is 0 Å². The molecule has 0 radical (unpaired) electrons. The number of rotatable bonds is 5. The summed E-state index contributed by atoms with van der Waals surface area (Å²) in [4.78, 5) is 24.4. The zero-order valence-corrected chi connectivity index (χ0v) is 17.6. The number of ether oxygens (including phenoxy) is 1. The zero-order chi connectivity index (χ0) is 21.3. The highest BCUT2D eigenvalue weighted by Gasteiger charge is 2.36. The molecule has 0 aromatic heterocycles. The topological polar surface area (TPSA) is 84.7 Å². The van der Waals surface area contributed by atoms with Crippen LogP contribution in [0.2, 0.25) is 0 Å². The van der Waals surface area contributed by atoms with E-state index in [1.54, 1.807) is 12.0 Å². The number of nitrogens with two attached hydrogens (primary N) is 1. The summed E-state index contributed by atoms with van der Waals surface area (Å²) in [6.45, 7) is 7.24. The van der Waals surface area contributed by atoms with Gasteiger partial charge < -0.3 is 25.5 Å². The van der Waals surface area contributed by atoms with Crippen LogP contribution in [0.5, 0.6) is 5.75 Å². The van der Waals surface area contributed by atoms with Crippen molar-refractivity contribution in [3.8, 4) is 18.1 Å². The molecule has 1 amide bonds. The van der Waals surface area contributed by atoms with Gasteiger partial charge in [-0.05, 0) is 37.4 Å². The van der Waals surface area contributed by atoms with Crippen LogP contribution in [0.25, 0.3) is 0 Å². The third-order valence-corrected chi connectivity index (χ3v) is 4.76. The van der Waals surface area contributed by atoms with Crippen molar-refractivity contribution in [1.29, 1.82) is 0 Å². The number of nitrogens with zero attached hydrogens (tertiary/aromatic N) is 1. The molecule has 1 saturated heterocycles.